The SMILES string of the molecule is C#CCCCC(C(=O)O)C1CCS(=O)(=O)C1. The number of hydrogen-bond acceptors (Lipinski definition) is 3. The van der Waals surface area contributed by atoms with Crippen LogP contribution in [0.4, 0.5) is 0 Å². The van der Waals surface area contributed by atoms with Crippen LogP contribution in [0.2, 0.25) is 0 Å². The fraction of sp³-hybridized carbons (Fsp3) is 0.727. The highest BCUT2D eigenvalue weighted by molar-refractivity contribution is 7.91. The van der Waals surface area contributed by atoms with E-state index in [1.54, 1.807) is 0 Å². The van der Waals surface area contributed by atoms with Gasteiger partial charge in [-0.1, -0.05) is 0 Å². The summed E-state index contributed by atoms with van der Waals surface area (Å²) in [6, 6.07) is 0. The summed E-state index contributed by atoms with van der Waals surface area (Å²) in [6.45, 7) is 0. The van der Waals surface area contributed by atoms with Gasteiger partial charge in [0.25, 0.3) is 0 Å². The minimum absolute atomic E-state index is 0.0139. The van der Waals surface area contributed by atoms with Crippen LogP contribution in [0.3, 0.4) is 0 Å². The third kappa shape index (κ3) is 3.53. The second-order valence-corrected chi connectivity index (χ2v) is 6.43. The fourth-order valence-electron chi connectivity index (χ4n) is 2.13. The maximum absolute atomic E-state index is 11.3. The van der Waals surface area contributed by atoms with Crippen LogP contribution in [0.25, 0.3) is 0 Å². The van der Waals surface area contributed by atoms with Crippen LogP contribution in [0.15, 0.2) is 0 Å². The van der Waals surface area contributed by atoms with Gasteiger partial charge in [0.1, 0.15) is 0 Å². The predicted molar refractivity (Wildman–Crippen MR) is 60.6 cm³/mol. The number of unbranched alkanes of at least 4 members (excludes halogenated alkanes) is 1. The van der Waals surface area contributed by atoms with Crippen LogP contribution >= 0.6 is 0 Å². The zero-order chi connectivity index (χ0) is 12.2. The van der Waals surface area contributed by atoms with Gasteiger partial charge in [-0.05, 0) is 25.2 Å². The molecule has 4 nitrogen and oxygen atoms in total. The summed E-state index contributed by atoms with van der Waals surface area (Å²) < 4.78 is 22.5. The number of carboxylic acids is 1. The van der Waals surface area contributed by atoms with Crippen molar-refractivity contribution in [2.24, 2.45) is 11.8 Å². The number of hydrogen-bond donors (Lipinski definition) is 1. The Morgan fingerprint density at radius 2 is 2.25 bits per heavy atom. The molecule has 0 saturated carbocycles. The smallest absolute Gasteiger partial charge is 0.306 e. The van der Waals surface area contributed by atoms with Crippen LogP contribution < -0.4 is 0 Å². The summed E-state index contributed by atoms with van der Waals surface area (Å²) in [5, 5.41) is 9.06. The van der Waals surface area contributed by atoms with Gasteiger partial charge in [0, 0.05) is 6.42 Å². The Bertz CT molecular complexity index is 391. The molecule has 1 fully saturated rings. The molecule has 0 spiro atoms. The fourth-order valence-corrected chi connectivity index (χ4v) is 4.01. The van der Waals surface area contributed by atoms with Crippen LogP contribution in [-0.2, 0) is 14.6 Å². The predicted octanol–water partition coefficient (Wildman–Crippen LogP) is 0.925. The molecule has 0 aromatic rings. The molecule has 1 aliphatic heterocycles. The Kier molecular flexibility index (Phi) is 4.36. The molecule has 1 rings (SSSR count). The minimum atomic E-state index is -3.01. The van der Waals surface area contributed by atoms with Gasteiger partial charge in [0.05, 0.1) is 17.4 Å². The van der Waals surface area contributed by atoms with Gasteiger partial charge in [0.15, 0.2) is 9.84 Å². The van der Waals surface area contributed by atoms with Crippen LogP contribution in [0.5, 0.6) is 0 Å². The average molecular weight is 244 g/mol. The largest absolute Gasteiger partial charge is 0.481 e. The molecule has 1 heterocycles. The lowest BCUT2D eigenvalue weighted by atomic mass is 9.87. The quantitative estimate of drug-likeness (QED) is 0.577. The lowest BCUT2D eigenvalue weighted by molar-refractivity contribution is -0.143. The normalized spacial score (nSPS) is 24.8. The number of aliphatic carboxylic acids is 1. The molecule has 2 atom stereocenters. The Morgan fingerprint density at radius 1 is 1.56 bits per heavy atom. The molecule has 0 aromatic carbocycles. The molecule has 5 heteroatoms. The first-order valence-corrected chi connectivity index (χ1v) is 7.15. The van der Waals surface area contributed by atoms with E-state index in [4.69, 9.17) is 11.5 Å². The maximum atomic E-state index is 11.3. The first kappa shape index (κ1) is 13.0. The van der Waals surface area contributed by atoms with E-state index >= 15 is 0 Å². The highest BCUT2D eigenvalue weighted by atomic mass is 32.2. The Hall–Kier alpha value is -1.02. The van der Waals surface area contributed by atoms with Crippen LogP contribution in [-0.4, -0.2) is 31.0 Å². The highest BCUT2D eigenvalue weighted by Gasteiger charge is 2.36. The van der Waals surface area contributed by atoms with E-state index in [1.165, 1.54) is 0 Å². The molecule has 16 heavy (non-hydrogen) atoms. The Morgan fingerprint density at radius 3 is 2.69 bits per heavy atom. The summed E-state index contributed by atoms with van der Waals surface area (Å²) in [5.41, 5.74) is 0. The van der Waals surface area contributed by atoms with E-state index in [2.05, 4.69) is 5.92 Å². The average Bonchev–Trinajstić information content (AvgIpc) is 2.53. The van der Waals surface area contributed by atoms with Gasteiger partial charge in [-0.2, -0.15) is 0 Å². The second-order valence-electron chi connectivity index (χ2n) is 4.20. The third-order valence-corrected chi connectivity index (χ3v) is 4.78. The third-order valence-electron chi connectivity index (χ3n) is 2.99. The summed E-state index contributed by atoms with van der Waals surface area (Å²) in [6.07, 6.45) is 7.22. The molecule has 0 aromatic heterocycles. The zero-order valence-corrected chi connectivity index (χ0v) is 9.87. The van der Waals surface area contributed by atoms with E-state index in [9.17, 15) is 13.2 Å². The number of sulfone groups is 1. The lowest BCUT2D eigenvalue weighted by Crippen LogP contribution is -2.24. The van der Waals surface area contributed by atoms with Crippen molar-refractivity contribution in [3.05, 3.63) is 0 Å². The van der Waals surface area contributed by atoms with Crippen molar-refractivity contribution in [3.63, 3.8) is 0 Å². The highest BCUT2D eigenvalue weighted by Crippen LogP contribution is 2.29. The van der Waals surface area contributed by atoms with Gasteiger partial charge >= 0.3 is 5.97 Å². The molecule has 0 radical (unpaired) electrons. The molecule has 1 N–H and O–H groups in total. The number of rotatable bonds is 5. The molecular weight excluding hydrogens is 228 g/mol. The molecule has 1 saturated heterocycles. The number of carbonyl (C=O) groups is 1. The molecule has 2 unspecified atom stereocenters. The summed E-state index contributed by atoms with van der Waals surface area (Å²) in [5.74, 6) is 0.889. The van der Waals surface area contributed by atoms with Crippen molar-refractivity contribution in [1.29, 1.82) is 0 Å². The summed E-state index contributed by atoms with van der Waals surface area (Å²) >= 11 is 0. The summed E-state index contributed by atoms with van der Waals surface area (Å²) in [4.78, 5) is 11.0. The van der Waals surface area contributed by atoms with Crippen molar-refractivity contribution in [2.75, 3.05) is 11.5 Å². The number of carboxylic acid groups (broad SMARTS) is 1. The molecule has 0 amide bonds. The lowest BCUT2D eigenvalue weighted by Gasteiger charge is -2.17. The molecule has 1 aliphatic rings. The van der Waals surface area contributed by atoms with Gasteiger partial charge in [-0.25, -0.2) is 8.42 Å². The van der Waals surface area contributed by atoms with Crippen molar-refractivity contribution in [1.82, 2.24) is 0 Å². The van der Waals surface area contributed by atoms with Crippen molar-refractivity contribution in [3.8, 4) is 12.3 Å². The van der Waals surface area contributed by atoms with E-state index in [1.807, 2.05) is 0 Å². The van der Waals surface area contributed by atoms with E-state index in [-0.39, 0.29) is 17.4 Å². The van der Waals surface area contributed by atoms with E-state index in [0.29, 0.717) is 25.7 Å². The summed E-state index contributed by atoms with van der Waals surface area (Å²) in [7, 11) is -3.01. The maximum Gasteiger partial charge on any atom is 0.306 e. The minimum Gasteiger partial charge on any atom is -0.481 e. The van der Waals surface area contributed by atoms with Crippen LogP contribution in [0.1, 0.15) is 25.7 Å². The Balaban J connectivity index is 2.58. The number of terminal acetylenes is 1. The standard InChI is InChI=1S/C11H16O4S/c1-2-3-4-5-10(11(12)13)9-6-7-16(14,15)8-9/h1,9-10H,3-8H2,(H,12,13). The molecular formula is C11H16O4S. The van der Waals surface area contributed by atoms with Crippen molar-refractivity contribution >= 4 is 15.8 Å². The molecule has 0 aliphatic carbocycles. The monoisotopic (exact) mass is 244 g/mol. The molecule has 0 bridgehead atoms. The van der Waals surface area contributed by atoms with Gasteiger partial charge in [-0.15, -0.1) is 12.3 Å². The zero-order valence-electron chi connectivity index (χ0n) is 9.05. The van der Waals surface area contributed by atoms with Gasteiger partial charge in [0.2, 0.25) is 0 Å². The first-order chi connectivity index (χ1) is 7.46. The van der Waals surface area contributed by atoms with E-state index in [0.717, 1.165) is 0 Å². The van der Waals surface area contributed by atoms with Crippen molar-refractivity contribution < 1.29 is 18.3 Å². The second kappa shape index (κ2) is 5.35. The van der Waals surface area contributed by atoms with Gasteiger partial charge in [-0.3, -0.25) is 4.79 Å². The van der Waals surface area contributed by atoms with Gasteiger partial charge < -0.3 is 5.11 Å². The molecule has 90 valence electrons. The van der Waals surface area contributed by atoms with E-state index < -0.39 is 21.7 Å². The van der Waals surface area contributed by atoms with Crippen molar-refractivity contribution in [2.45, 2.75) is 25.7 Å². The first-order valence-electron chi connectivity index (χ1n) is 5.33. The Labute approximate surface area is 96.0 Å². The van der Waals surface area contributed by atoms with Crippen LogP contribution in [0, 0.1) is 24.2 Å². The topological polar surface area (TPSA) is 71.4 Å².